The summed E-state index contributed by atoms with van der Waals surface area (Å²) in [5.41, 5.74) is 2.37. The van der Waals surface area contributed by atoms with Crippen LogP contribution in [0.15, 0.2) is 24.3 Å². The number of carboxylic acid groups (broad SMARTS) is 1. The van der Waals surface area contributed by atoms with Crippen molar-refractivity contribution in [1.29, 1.82) is 0 Å². The molecular weight excluding hydrogens is 318 g/mol. The number of Topliss-reactive ketones (excluding diaryl/α,β-unsaturated/α-hetero) is 1. The molecule has 0 spiro atoms. The molecule has 6 heteroatoms. The minimum absolute atomic E-state index is 0.0450. The molecule has 2 aliphatic heterocycles. The lowest BCUT2D eigenvalue weighted by Gasteiger charge is -2.14. The number of carbonyl (C=O) groups excluding carboxylic acids is 1. The zero-order valence-electron chi connectivity index (χ0n) is 12.3. The normalized spacial score (nSPS) is 31.3. The lowest BCUT2D eigenvalue weighted by atomic mass is 10.0. The lowest BCUT2D eigenvalue weighted by Crippen LogP contribution is -2.32. The van der Waals surface area contributed by atoms with Gasteiger partial charge in [0, 0.05) is 16.8 Å². The molecular formula is C16H19NO3S2. The molecule has 0 aromatic heterocycles. The van der Waals surface area contributed by atoms with E-state index in [9.17, 15) is 9.59 Å². The van der Waals surface area contributed by atoms with E-state index in [4.69, 9.17) is 5.11 Å². The van der Waals surface area contributed by atoms with E-state index in [0.717, 1.165) is 5.75 Å². The zero-order valence-corrected chi connectivity index (χ0v) is 14.0. The standard InChI is InChI=1S/C16H19NO3S2/c1-9(18)13-8-22-15(17-13)11-4-2-10(3-5-11)14-6-12(7-21-14)16(19)20/h2-5,12-15,17H,6-8H2,1H3,(H,19,20). The van der Waals surface area contributed by atoms with Gasteiger partial charge in [-0.3, -0.25) is 14.9 Å². The van der Waals surface area contributed by atoms with E-state index < -0.39 is 5.97 Å². The van der Waals surface area contributed by atoms with Gasteiger partial charge in [-0.05, 0) is 24.5 Å². The summed E-state index contributed by atoms with van der Waals surface area (Å²) >= 11 is 3.49. The van der Waals surface area contributed by atoms with E-state index in [1.165, 1.54) is 11.1 Å². The van der Waals surface area contributed by atoms with Crippen LogP contribution in [0.5, 0.6) is 0 Å². The molecule has 0 aliphatic carbocycles. The molecule has 0 saturated carbocycles. The number of rotatable bonds is 4. The maximum absolute atomic E-state index is 11.4. The van der Waals surface area contributed by atoms with Crippen LogP contribution in [-0.2, 0) is 9.59 Å². The van der Waals surface area contributed by atoms with Crippen LogP contribution in [0, 0.1) is 5.92 Å². The fraction of sp³-hybridized carbons (Fsp3) is 0.500. The smallest absolute Gasteiger partial charge is 0.307 e. The third-order valence-corrected chi connectivity index (χ3v) is 6.96. The summed E-state index contributed by atoms with van der Waals surface area (Å²) in [7, 11) is 0. The Morgan fingerprint density at radius 3 is 2.36 bits per heavy atom. The molecule has 2 heterocycles. The Balaban J connectivity index is 1.64. The van der Waals surface area contributed by atoms with Crippen LogP contribution >= 0.6 is 23.5 Å². The van der Waals surface area contributed by atoms with Gasteiger partial charge in [0.05, 0.1) is 17.3 Å². The first-order chi connectivity index (χ1) is 10.5. The Bertz CT molecular complexity index is 524. The highest BCUT2D eigenvalue weighted by atomic mass is 32.2. The first-order valence-electron chi connectivity index (χ1n) is 7.37. The Kier molecular flexibility index (Phi) is 4.80. The first-order valence-corrected chi connectivity index (χ1v) is 9.46. The number of ketones is 1. The van der Waals surface area contributed by atoms with Gasteiger partial charge in [0.25, 0.3) is 0 Å². The van der Waals surface area contributed by atoms with Crippen LogP contribution in [0.2, 0.25) is 0 Å². The van der Waals surface area contributed by atoms with Gasteiger partial charge in [-0.25, -0.2) is 0 Å². The van der Waals surface area contributed by atoms with Crippen LogP contribution in [-0.4, -0.2) is 34.4 Å². The third-order valence-electron chi connectivity index (χ3n) is 4.23. The minimum atomic E-state index is -0.687. The summed E-state index contributed by atoms with van der Waals surface area (Å²) in [5, 5.41) is 12.9. The topological polar surface area (TPSA) is 66.4 Å². The van der Waals surface area contributed by atoms with Crippen molar-refractivity contribution in [3.05, 3.63) is 35.4 Å². The van der Waals surface area contributed by atoms with Crippen molar-refractivity contribution in [3.8, 4) is 0 Å². The fourth-order valence-electron chi connectivity index (χ4n) is 2.82. The van der Waals surface area contributed by atoms with Gasteiger partial charge < -0.3 is 5.11 Å². The molecule has 2 N–H and O–H groups in total. The van der Waals surface area contributed by atoms with Crippen molar-refractivity contribution in [1.82, 2.24) is 5.32 Å². The number of thioether (sulfide) groups is 2. The van der Waals surface area contributed by atoms with Gasteiger partial charge in [0.2, 0.25) is 0 Å². The van der Waals surface area contributed by atoms with E-state index >= 15 is 0 Å². The van der Waals surface area contributed by atoms with E-state index in [-0.39, 0.29) is 28.4 Å². The molecule has 4 atom stereocenters. The van der Waals surface area contributed by atoms with E-state index in [1.54, 1.807) is 30.4 Å². The van der Waals surface area contributed by atoms with E-state index in [0.29, 0.717) is 12.2 Å². The molecule has 2 fully saturated rings. The summed E-state index contributed by atoms with van der Waals surface area (Å²) in [6, 6.07) is 8.34. The second-order valence-corrected chi connectivity index (χ2v) is 8.18. The number of hydrogen-bond acceptors (Lipinski definition) is 5. The van der Waals surface area contributed by atoms with Gasteiger partial charge in [0.1, 0.15) is 5.78 Å². The molecule has 3 rings (SSSR count). The van der Waals surface area contributed by atoms with Crippen LogP contribution in [0.25, 0.3) is 0 Å². The first kappa shape index (κ1) is 15.9. The lowest BCUT2D eigenvalue weighted by molar-refractivity contribution is -0.140. The molecule has 118 valence electrons. The molecule has 0 bridgehead atoms. The van der Waals surface area contributed by atoms with Gasteiger partial charge in [-0.1, -0.05) is 24.3 Å². The maximum Gasteiger partial charge on any atom is 0.307 e. The Morgan fingerprint density at radius 2 is 1.82 bits per heavy atom. The molecule has 4 unspecified atom stereocenters. The summed E-state index contributed by atoms with van der Waals surface area (Å²) in [6.07, 6.45) is 0.711. The largest absolute Gasteiger partial charge is 0.481 e. The predicted molar refractivity (Wildman–Crippen MR) is 90.2 cm³/mol. The molecule has 22 heavy (non-hydrogen) atoms. The molecule has 4 nitrogen and oxygen atoms in total. The number of carbonyl (C=O) groups is 2. The van der Waals surface area contributed by atoms with Gasteiger partial charge in [-0.15, -0.1) is 11.8 Å². The quantitative estimate of drug-likeness (QED) is 0.881. The molecule has 2 aliphatic rings. The number of carboxylic acids is 1. The highest BCUT2D eigenvalue weighted by Crippen LogP contribution is 2.43. The number of nitrogens with one attached hydrogen (secondary N) is 1. The van der Waals surface area contributed by atoms with Crippen LogP contribution in [0.1, 0.15) is 35.1 Å². The summed E-state index contributed by atoms with van der Waals surface area (Å²) in [5.74, 6) is 0.794. The van der Waals surface area contributed by atoms with Crippen molar-refractivity contribution in [2.24, 2.45) is 5.92 Å². The molecule has 2 saturated heterocycles. The third kappa shape index (κ3) is 3.34. The summed E-state index contributed by atoms with van der Waals surface area (Å²) < 4.78 is 0. The molecule has 1 aromatic rings. The SMILES string of the molecule is CC(=O)C1CSC(c2ccc(C3CC(C(=O)O)CS3)cc2)N1. The predicted octanol–water partition coefficient (Wildman–Crippen LogP) is 2.86. The zero-order chi connectivity index (χ0) is 15.7. The Morgan fingerprint density at radius 1 is 1.14 bits per heavy atom. The Labute approximate surface area is 138 Å². The van der Waals surface area contributed by atoms with Crippen LogP contribution in [0.3, 0.4) is 0 Å². The second-order valence-electron chi connectivity index (χ2n) is 5.80. The van der Waals surface area contributed by atoms with E-state index in [2.05, 4.69) is 29.6 Å². The minimum Gasteiger partial charge on any atom is -0.481 e. The van der Waals surface area contributed by atoms with Gasteiger partial charge >= 0.3 is 5.97 Å². The van der Waals surface area contributed by atoms with Crippen molar-refractivity contribution in [3.63, 3.8) is 0 Å². The van der Waals surface area contributed by atoms with Crippen molar-refractivity contribution < 1.29 is 14.7 Å². The number of benzene rings is 1. The monoisotopic (exact) mass is 337 g/mol. The molecule has 1 aromatic carbocycles. The highest BCUT2D eigenvalue weighted by Gasteiger charge is 2.32. The second kappa shape index (κ2) is 6.64. The summed E-state index contributed by atoms with van der Waals surface area (Å²) in [4.78, 5) is 22.5. The van der Waals surface area contributed by atoms with E-state index in [1.807, 2.05) is 0 Å². The maximum atomic E-state index is 11.4. The van der Waals surface area contributed by atoms with Crippen molar-refractivity contribution >= 4 is 35.3 Å². The molecule has 0 radical (unpaired) electrons. The van der Waals surface area contributed by atoms with Crippen LogP contribution in [0.4, 0.5) is 0 Å². The van der Waals surface area contributed by atoms with Crippen molar-refractivity contribution in [2.45, 2.75) is 30.0 Å². The summed E-state index contributed by atoms with van der Waals surface area (Å²) in [6.45, 7) is 1.62. The van der Waals surface area contributed by atoms with Gasteiger partial charge in [-0.2, -0.15) is 11.8 Å². The van der Waals surface area contributed by atoms with Gasteiger partial charge in [0.15, 0.2) is 0 Å². The number of hydrogen-bond donors (Lipinski definition) is 2. The van der Waals surface area contributed by atoms with Crippen molar-refractivity contribution in [2.75, 3.05) is 11.5 Å². The van der Waals surface area contributed by atoms with Crippen LogP contribution < -0.4 is 5.32 Å². The highest BCUT2D eigenvalue weighted by molar-refractivity contribution is 8.00. The average Bonchev–Trinajstić information content (AvgIpc) is 3.17. The molecule has 0 amide bonds. The fourth-order valence-corrected chi connectivity index (χ4v) is 5.60. The Hall–Kier alpha value is -0.980. The average molecular weight is 337 g/mol. The number of aliphatic carboxylic acids is 1.